The van der Waals surface area contributed by atoms with Crippen molar-refractivity contribution in [2.75, 3.05) is 0 Å². The van der Waals surface area contributed by atoms with Gasteiger partial charge in [0.2, 0.25) is 0 Å². The van der Waals surface area contributed by atoms with Crippen LogP contribution < -0.4 is 5.73 Å². The quantitative estimate of drug-likeness (QED) is 0.649. The fourth-order valence-electron chi connectivity index (χ4n) is 1.37. The van der Waals surface area contributed by atoms with Crippen LogP contribution >= 0.6 is 27.5 Å². The number of aliphatic carboxylic acids is 1. The zero-order chi connectivity index (χ0) is 14.0. The lowest BCUT2D eigenvalue weighted by molar-refractivity contribution is -0.137. The Labute approximate surface area is 114 Å². The number of carboxylic acid groups (broad SMARTS) is 1. The van der Waals surface area contributed by atoms with Crippen molar-refractivity contribution >= 4 is 33.5 Å². The predicted molar refractivity (Wildman–Crippen MR) is 62.8 cm³/mol. The van der Waals surface area contributed by atoms with Crippen LogP contribution in [0.5, 0.6) is 0 Å². The van der Waals surface area contributed by atoms with Crippen molar-refractivity contribution in [1.82, 2.24) is 0 Å². The van der Waals surface area contributed by atoms with Gasteiger partial charge in [-0.3, -0.25) is 4.79 Å². The average molecular weight is 347 g/mol. The fraction of sp³-hybridized carbons (Fsp3) is 0.300. The van der Waals surface area contributed by atoms with E-state index in [0.717, 1.165) is 0 Å². The third kappa shape index (κ3) is 2.96. The van der Waals surface area contributed by atoms with Crippen molar-refractivity contribution in [2.45, 2.75) is 18.9 Å². The van der Waals surface area contributed by atoms with Gasteiger partial charge in [-0.15, -0.1) is 0 Å². The lowest BCUT2D eigenvalue weighted by atomic mass is 10.0. The highest BCUT2D eigenvalue weighted by Gasteiger charge is 2.26. The Morgan fingerprint density at radius 2 is 1.89 bits per heavy atom. The molecule has 0 fully saturated rings. The summed E-state index contributed by atoms with van der Waals surface area (Å²) in [5.41, 5.74) is 4.94. The molecule has 1 unspecified atom stereocenters. The first-order valence-electron chi connectivity index (χ1n) is 4.76. The second kappa shape index (κ2) is 5.90. The van der Waals surface area contributed by atoms with Gasteiger partial charge in [0.15, 0.2) is 17.5 Å². The molecule has 3 N–H and O–H groups in total. The first-order chi connectivity index (χ1) is 8.27. The summed E-state index contributed by atoms with van der Waals surface area (Å²) in [6.07, 6.45) is -0.553. The molecule has 0 aromatic heterocycles. The summed E-state index contributed by atoms with van der Waals surface area (Å²) < 4.78 is 39.6. The maximum absolute atomic E-state index is 13.6. The molecule has 8 heteroatoms. The Hall–Kier alpha value is -0.790. The lowest BCUT2D eigenvalue weighted by Gasteiger charge is -2.15. The van der Waals surface area contributed by atoms with Crippen molar-refractivity contribution in [1.29, 1.82) is 0 Å². The Balaban J connectivity index is 3.20. The summed E-state index contributed by atoms with van der Waals surface area (Å²) in [4.78, 5) is 10.4. The van der Waals surface area contributed by atoms with Crippen LogP contribution in [0, 0.1) is 17.5 Å². The van der Waals surface area contributed by atoms with E-state index in [4.69, 9.17) is 22.4 Å². The Morgan fingerprint density at radius 1 is 1.33 bits per heavy atom. The number of hydrogen-bond donors (Lipinski definition) is 2. The summed E-state index contributed by atoms with van der Waals surface area (Å²) in [5.74, 6) is -5.15. The second-order valence-electron chi connectivity index (χ2n) is 3.52. The summed E-state index contributed by atoms with van der Waals surface area (Å²) >= 11 is 8.06. The molecule has 3 nitrogen and oxygen atoms in total. The molecule has 18 heavy (non-hydrogen) atoms. The summed E-state index contributed by atoms with van der Waals surface area (Å²) in [5, 5.41) is 7.81. The minimum absolute atomic E-state index is 0.188. The number of carboxylic acids is 1. The number of hydrogen-bond acceptors (Lipinski definition) is 2. The molecule has 1 atom stereocenters. The van der Waals surface area contributed by atoms with E-state index in [1.54, 1.807) is 0 Å². The maximum atomic E-state index is 13.6. The molecule has 100 valence electrons. The molecular formula is C10H8BrClF3NO2. The van der Waals surface area contributed by atoms with E-state index in [2.05, 4.69) is 15.9 Å². The number of rotatable bonds is 4. The molecule has 0 aliphatic rings. The van der Waals surface area contributed by atoms with E-state index in [9.17, 15) is 18.0 Å². The van der Waals surface area contributed by atoms with Gasteiger partial charge in [-0.25, -0.2) is 13.2 Å². The molecule has 0 bridgehead atoms. The van der Waals surface area contributed by atoms with Crippen LogP contribution in [0.15, 0.2) is 4.47 Å². The number of halogens is 5. The highest BCUT2D eigenvalue weighted by molar-refractivity contribution is 9.10. The molecule has 0 saturated heterocycles. The van der Waals surface area contributed by atoms with Gasteiger partial charge >= 0.3 is 5.97 Å². The van der Waals surface area contributed by atoms with Crippen molar-refractivity contribution in [3.8, 4) is 0 Å². The first-order valence-corrected chi connectivity index (χ1v) is 5.93. The third-order valence-electron chi connectivity index (χ3n) is 2.28. The van der Waals surface area contributed by atoms with Gasteiger partial charge in [0, 0.05) is 18.0 Å². The molecule has 0 spiro atoms. The van der Waals surface area contributed by atoms with Crippen LogP contribution in [0.4, 0.5) is 13.2 Å². The molecular weight excluding hydrogens is 338 g/mol. The first kappa shape index (κ1) is 15.3. The molecule has 0 aliphatic heterocycles. The summed E-state index contributed by atoms with van der Waals surface area (Å²) in [7, 11) is 0. The largest absolute Gasteiger partial charge is 0.481 e. The zero-order valence-electron chi connectivity index (χ0n) is 8.81. The topological polar surface area (TPSA) is 63.3 Å². The monoisotopic (exact) mass is 345 g/mol. The van der Waals surface area contributed by atoms with Crippen LogP contribution in [-0.4, -0.2) is 11.1 Å². The predicted octanol–water partition coefficient (Wildman–Crippen LogP) is 3.38. The molecule has 0 radical (unpaired) electrons. The Kier molecular flexibility index (Phi) is 5.01. The van der Waals surface area contributed by atoms with Crippen LogP contribution in [-0.2, 0) is 4.79 Å². The van der Waals surface area contributed by atoms with Crippen LogP contribution in [0.2, 0.25) is 5.02 Å². The fourth-order valence-corrected chi connectivity index (χ4v) is 2.17. The van der Waals surface area contributed by atoms with Gasteiger partial charge in [-0.05, 0) is 22.4 Å². The average Bonchev–Trinajstić information content (AvgIpc) is 2.31. The van der Waals surface area contributed by atoms with Crippen molar-refractivity contribution in [3.05, 3.63) is 32.5 Å². The smallest absolute Gasteiger partial charge is 0.303 e. The van der Waals surface area contributed by atoms with Crippen LogP contribution in [0.25, 0.3) is 0 Å². The minimum Gasteiger partial charge on any atom is -0.481 e. The summed E-state index contributed by atoms with van der Waals surface area (Å²) in [6, 6.07) is -1.20. The number of benzene rings is 1. The van der Waals surface area contributed by atoms with Crippen molar-refractivity contribution in [3.63, 3.8) is 0 Å². The molecule has 1 aromatic rings. The molecule has 1 rings (SSSR count). The second-order valence-corrected chi connectivity index (χ2v) is 4.69. The molecule has 1 aromatic carbocycles. The van der Waals surface area contributed by atoms with Gasteiger partial charge in [0.1, 0.15) is 0 Å². The highest BCUT2D eigenvalue weighted by Crippen LogP contribution is 2.36. The highest BCUT2D eigenvalue weighted by atomic mass is 79.9. The standard InChI is InChI=1S/C10H8BrClF3NO2/c11-6-9(14)7(12)5(8(13)10(6)15)3(16)1-2-4(17)18/h3H,1-2,16H2,(H,17,18). The van der Waals surface area contributed by atoms with Gasteiger partial charge < -0.3 is 10.8 Å². The van der Waals surface area contributed by atoms with Gasteiger partial charge in [-0.2, -0.15) is 0 Å². The minimum atomic E-state index is -1.45. The van der Waals surface area contributed by atoms with Gasteiger partial charge in [-0.1, -0.05) is 11.6 Å². The van der Waals surface area contributed by atoms with Crippen LogP contribution in [0.1, 0.15) is 24.4 Å². The summed E-state index contributed by atoms with van der Waals surface area (Å²) in [6.45, 7) is 0. The Bertz CT molecular complexity index is 469. The molecule has 0 aliphatic carbocycles. The van der Waals surface area contributed by atoms with Crippen molar-refractivity contribution in [2.24, 2.45) is 5.73 Å². The van der Waals surface area contributed by atoms with E-state index in [0.29, 0.717) is 0 Å². The zero-order valence-corrected chi connectivity index (χ0v) is 11.2. The van der Waals surface area contributed by atoms with Gasteiger partial charge in [0.25, 0.3) is 0 Å². The van der Waals surface area contributed by atoms with E-state index in [-0.39, 0.29) is 12.8 Å². The lowest BCUT2D eigenvalue weighted by Crippen LogP contribution is -2.16. The number of nitrogens with two attached hydrogens (primary N) is 1. The maximum Gasteiger partial charge on any atom is 0.303 e. The molecule has 0 heterocycles. The van der Waals surface area contributed by atoms with Crippen LogP contribution in [0.3, 0.4) is 0 Å². The molecule has 0 saturated carbocycles. The van der Waals surface area contributed by atoms with E-state index >= 15 is 0 Å². The van der Waals surface area contributed by atoms with E-state index < -0.39 is 44.5 Å². The SMILES string of the molecule is NC(CCC(=O)O)c1c(F)c(F)c(Br)c(F)c1Cl. The van der Waals surface area contributed by atoms with Crippen molar-refractivity contribution < 1.29 is 23.1 Å². The normalized spacial score (nSPS) is 12.6. The number of carbonyl (C=O) groups is 1. The molecule has 0 amide bonds. The van der Waals surface area contributed by atoms with E-state index in [1.165, 1.54) is 0 Å². The third-order valence-corrected chi connectivity index (χ3v) is 3.35. The van der Waals surface area contributed by atoms with E-state index in [1.807, 2.05) is 0 Å². The van der Waals surface area contributed by atoms with Gasteiger partial charge in [0.05, 0.1) is 9.50 Å². The Morgan fingerprint density at radius 3 is 2.39 bits per heavy atom.